The van der Waals surface area contributed by atoms with Gasteiger partial charge in [-0.3, -0.25) is 14.4 Å². The van der Waals surface area contributed by atoms with Crippen LogP contribution in [0.15, 0.2) is 48.6 Å². The van der Waals surface area contributed by atoms with Gasteiger partial charge in [-0.1, -0.05) is 230 Å². The highest BCUT2D eigenvalue weighted by molar-refractivity contribution is 5.71. The molecular weight excluding hydrogens is 793 g/mol. The fourth-order valence-corrected chi connectivity index (χ4v) is 7.86. The van der Waals surface area contributed by atoms with E-state index >= 15 is 0 Å². The van der Waals surface area contributed by atoms with Gasteiger partial charge in [-0.2, -0.15) is 0 Å². The standard InChI is InChI=1S/C58H104O6/c1-4-7-10-13-16-19-22-25-27-28-29-30-32-34-37-39-42-45-48-51-57(60)63-54-55(64-58(61)52-49-46-43-40-35-24-21-18-15-12-9-6-3)53-62-56(59)50-47-44-41-38-36-33-31-26-23-20-17-14-11-8-5-2/h17,20,25-27,31,36,38,55H,4-16,18-19,21-24,28-30,32-35,37,39-54H2,1-3H3/b20-17-,27-25-,31-26-,38-36-/t55-/m1/s1. The monoisotopic (exact) mass is 897 g/mol. The fraction of sp³-hybridized carbons (Fsp3) is 0.810. The number of hydrogen-bond acceptors (Lipinski definition) is 6. The predicted molar refractivity (Wildman–Crippen MR) is 275 cm³/mol. The van der Waals surface area contributed by atoms with E-state index in [0.717, 1.165) is 70.6 Å². The van der Waals surface area contributed by atoms with Gasteiger partial charge in [-0.05, 0) is 83.5 Å². The first-order chi connectivity index (χ1) is 31.5. The van der Waals surface area contributed by atoms with Crippen LogP contribution in [0.1, 0.15) is 284 Å². The normalized spacial score (nSPS) is 12.4. The Balaban J connectivity index is 4.36. The fourth-order valence-electron chi connectivity index (χ4n) is 7.86. The minimum absolute atomic E-state index is 0.0836. The van der Waals surface area contributed by atoms with Crippen LogP contribution in [0.5, 0.6) is 0 Å². The van der Waals surface area contributed by atoms with E-state index in [9.17, 15) is 14.4 Å². The molecule has 0 amide bonds. The summed E-state index contributed by atoms with van der Waals surface area (Å²) < 4.78 is 16.8. The van der Waals surface area contributed by atoms with E-state index in [1.807, 2.05) is 0 Å². The summed E-state index contributed by atoms with van der Waals surface area (Å²) in [6.07, 6.45) is 63.8. The highest BCUT2D eigenvalue weighted by Crippen LogP contribution is 2.15. The van der Waals surface area contributed by atoms with Crippen LogP contribution < -0.4 is 0 Å². The van der Waals surface area contributed by atoms with Gasteiger partial charge >= 0.3 is 17.9 Å². The second-order valence-electron chi connectivity index (χ2n) is 18.5. The molecule has 64 heavy (non-hydrogen) atoms. The van der Waals surface area contributed by atoms with E-state index in [-0.39, 0.29) is 31.1 Å². The van der Waals surface area contributed by atoms with Crippen molar-refractivity contribution < 1.29 is 28.6 Å². The van der Waals surface area contributed by atoms with Crippen LogP contribution in [0, 0.1) is 0 Å². The van der Waals surface area contributed by atoms with Crippen LogP contribution in [0.25, 0.3) is 0 Å². The van der Waals surface area contributed by atoms with Crippen molar-refractivity contribution in [3.63, 3.8) is 0 Å². The summed E-state index contributed by atoms with van der Waals surface area (Å²) in [6.45, 7) is 6.59. The zero-order valence-electron chi connectivity index (χ0n) is 42.6. The number of rotatable bonds is 50. The average Bonchev–Trinajstić information content (AvgIpc) is 3.29. The Labute approximate surface area is 397 Å². The number of carbonyl (C=O) groups excluding carboxylic acids is 3. The third-order valence-corrected chi connectivity index (χ3v) is 12.1. The summed E-state index contributed by atoms with van der Waals surface area (Å²) in [5, 5.41) is 0. The lowest BCUT2D eigenvalue weighted by molar-refractivity contribution is -0.167. The van der Waals surface area contributed by atoms with Crippen LogP contribution in [-0.4, -0.2) is 37.2 Å². The maximum Gasteiger partial charge on any atom is 0.306 e. The van der Waals surface area contributed by atoms with Crippen LogP contribution >= 0.6 is 0 Å². The highest BCUT2D eigenvalue weighted by atomic mass is 16.6. The minimum atomic E-state index is -0.786. The molecule has 6 heteroatoms. The lowest BCUT2D eigenvalue weighted by atomic mass is 10.0. The van der Waals surface area contributed by atoms with Gasteiger partial charge in [0.25, 0.3) is 0 Å². The molecule has 0 unspecified atom stereocenters. The Morgan fingerprint density at radius 2 is 0.562 bits per heavy atom. The molecule has 1 atom stereocenters. The van der Waals surface area contributed by atoms with Crippen LogP contribution in [-0.2, 0) is 28.6 Å². The second-order valence-corrected chi connectivity index (χ2v) is 18.5. The van der Waals surface area contributed by atoms with E-state index in [0.29, 0.717) is 19.3 Å². The first-order valence-electron chi connectivity index (χ1n) is 27.6. The summed E-state index contributed by atoms with van der Waals surface area (Å²) in [4.78, 5) is 38.0. The molecule has 0 fully saturated rings. The molecule has 0 aliphatic carbocycles. The Hall–Kier alpha value is -2.63. The topological polar surface area (TPSA) is 78.9 Å². The zero-order chi connectivity index (χ0) is 46.5. The molecule has 0 radical (unpaired) electrons. The molecule has 0 aromatic carbocycles. The SMILES string of the molecule is CCCCC/C=C\C/C=C\C/C=C\CCCCC(=O)OC[C@H](COC(=O)CCCCCCCCCCC/C=C\CCCCCCCC)OC(=O)CCCCCCCCCCCCCC. The van der Waals surface area contributed by atoms with Gasteiger partial charge in [0, 0.05) is 19.3 Å². The second kappa shape index (κ2) is 53.0. The van der Waals surface area contributed by atoms with Crippen LogP contribution in [0.4, 0.5) is 0 Å². The third kappa shape index (κ3) is 50.4. The molecule has 0 heterocycles. The highest BCUT2D eigenvalue weighted by Gasteiger charge is 2.19. The van der Waals surface area contributed by atoms with Gasteiger partial charge in [-0.25, -0.2) is 0 Å². The number of ether oxygens (including phenoxy) is 3. The summed E-state index contributed by atoms with van der Waals surface area (Å²) in [6, 6.07) is 0. The Morgan fingerprint density at radius 3 is 0.953 bits per heavy atom. The maximum atomic E-state index is 12.8. The quantitative estimate of drug-likeness (QED) is 0.0262. The molecule has 0 spiro atoms. The minimum Gasteiger partial charge on any atom is -0.462 e. The molecular formula is C58H104O6. The van der Waals surface area contributed by atoms with Gasteiger partial charge in [0.05, 0.1) is 0 Å². The molecule has 0 aromatic heterocycles. The molecule has 0 saturated heterocycles. The van der Waals surface area contributed by atoms with Gasteiger partial charge in [0.1, 0.15) is 13.2 Å². The summed E-state index contributed by atoms with van der Waals surface area (Å²) >= 11 is 0. The molecule has 0 aliphatic rings. The molecule has 0 aliphatic heterocycles. The van der Waals surface area contributed by atoms with Crippen molar-refractivity contribution in [3.8, 4) is 0 Å². The number of allylic oxidation sites excluding steroid dienone is 8. The van der Waals surface area contributed by atoms with E-state index in [1.165, 1.54) is 173 Å². The number of hydrogen-bond donors (Lipinski definition) is 0. The van der Waals surface area contributed by atoms with Crippen LogP contribution in [0.2, 0.25) is 0 Å². The zero-order valence-corrected chi connectivity index (χ0v) is 42.6. The first-order valence-corrected chi connectivity index (χ1v) is 27.6. The van der Waals surface area contributed by atoms with Crippen molar-refractivity contribution in [3.05, 3.63) is 48.6 Å². The summed E-state index contributed by atoms with van der Waals surface area (Å²) in [5.41, 5.74) is 0. The van der Waals surface area contributed by atoms with Gasteiger partial charge in [0.2, 0.25) is 0 Å². The van der Waals surface area contributed by atoms with Gasteiger partial charge in [0.15, 0.2) is 6.10 Å². The Bertz CT molecular complexity index is 1120. The number of esters is 3. The molecule has 6 nitrogen and oxygen atoms in total. The molecule has 372 valence electrons. The van der Waals surface area contributed by atoms with E-state index in [2.05, 4.69) is 69.4 Å². The van der Waals surface area contributed by atoms with Crippen molar-refractivity contribution in [2.75, 3.05) is 13.2 Å². The summed E-state index contributed by atoms with van der Waals surface area (Å²) in [7, 11) is 0. The molecule has 0 aromatic rings. The lowest BCUT2D eigenvalue weighted by Crippen LogP contribution is -2.30. The molecule has 0 bridgehead atoms. The van der Waals surface area contributed by atoms with E-state index in [1.54, 1.807) is 0 Å². The summed E-state index contributed by atoms with van der Waals surface area (Å²) in [5.74, 6) is -0.915. The van der Waals surface area contributed by atoms with Gasteiger partial charge < -0.3 is 14.2 Å². The van der Waals surface area contributed by atoms with Crippen molar-refractivity contribution in [1.82, 2.24) is 0 Å². The number of carbonyl (C=O) groups is 3. The van der Waals surface area contributed by atoms with Crippen molar-refractivity contribution in [1.29, 1.82) is 0 Å². The van der Waals surface area contributed by atoms with E-state index in [4.69, 9.17) is 14.2 Å². The predicted octanol–water partition coefficient (Wildman–Crippen LogP) is 18.3. The van der Waals surface area contributed by atoms with Gasteiger partial charge in [-0.15, -0.1) is 0 Å². The first kappa shape index (κ1) is 61.4. The van der Waals surface area contributed by atoms with E-state index < -0.39 is 6.10 Å². The van der Waals surface area contributed by atoms with Crippen molar-refractivity contribution >= 4 is 17.9 Å². The largest absolute Gasteiger partial charge is 0.462 e. The molecule has 0 rings (SSSR count). The van der Waals surface area contributed by atoms with Crippen molar-refractivity contribution in [2.24, 2.45) is 0 Å². The Kier molecular flexibility index (Phi) is 50.8. The maximum absolute atomic E-state index is 12.8. The molecule has 0 saturated carbocycles. The van der Waals surface area contributed by atoms with Crippen LogP contribution in [0.3, 0.4) is 0 Å². The smallest absolute Gasteiger partial charge is 0.306 e. The molecule has 0 N–H and O–H groups in total. The Morgan fingerprint density at radius 1 is 0.312 bits per heavy atom. The lowest BCUT2D eigenvalue weighted by Gasteiger charge is -2.18. The average molecular weight is 897 g/mol. The van der Waals surface area contributed by atoms with Crippen molar-refractivity contribution in [2.45, 2.75) is 290 Å². The number of unbranched alkanes of at least 4 members (excludes halogenated alkanes) is 31. The third-order valence-electron chi connectivity index (χ3n) is 12.1.